The van der Waals surface area contributed by atoms with Crippen LogP contribution in [0.1, 0.15) is 38.5 Å². The van der Waals surface area contributed by atoms with Crippen LogP contribution in [0.25, 0.3) is 0 Å². The molecule has 1 aromatic carbocycles. The first-order chi connectivity index (χ1) is 8.66. The van der Waals surface area contributed by atoms with Crippen LogP contribution in [0.2, 0.25) is 5.02 Å². The summed E-state index contributed by atoms with van der Waals surface area (Å²) in [7, 11) is 0. The summed E-state index contributed by atoms with van der Waals surface area (Å²) in [6, 6.07) is 4.77. The Labute approximate surface area is 112 Å². The van der Waals surface area contributed by atoms with Gasteiger partial charge in [0.05, 0.1) is 5.02 Å². The number of benzene rings is 1. The van der Waals surface area contributed by atoms with Crippen molar-refractivity contribution in [1.82, 2.24) is 0 Å². The third kappa shape index (κ3) is 3.39. The van der Waals surface area contributed by atoms with Gasteiger partial charge in [0.25, 0.3) is 0 Å². The Morgan fingerprint density at radius 2 is 1.89 bits per heavy atom. The van der Waals surface area contributed by atoms with E-state index in [0.29, 0.717) is 10.7 Å². The molecule has 0 saturated heterocycles. The molecule has 0 atom stereocenters. The molecule has 0 bridgehead atoms. The van der Waals surface area contributed by atoms with Crippen LogP contribution in [0.5, 0.6) is 5.75 Å². The zero-order valence-corrected chi connectivity index (χ0v) is 11.0. The second-order valence-corrected chi connectivity index (χ2v) is 5.25. The summed E-state index contributed by atoms with van der Waals surface area (Å²) in [6.07, 6.45) is 6.64. The lowest BCUT2D eigenvalue weighted by molar-refractivity contribution is -0.120. The monoisotopic (exact) mass is 267 g/mol. The van der Waals surface area contributed by atoms with Crippen LogP contribution in [0.15, 0.2) is 18.2 Å². The van der Waals surface area contributed by atoms with E-state index in [1.165, 1.54) is 18.9 Å². The van der Waals surface area contributed by atoms with Crippen LogP contribution in [-0.2, 0) is 4.79 Å². The van der Waals surface area contributed by atoms with Crippen molar-refractivity contribution in [3.63, 3.8) is 0 Å². The first-order valence-electron chi connectivity index (χ1n) is 6.46. The predicted octanol–water partition coefficient (Wildman–Crippen LogP) is 3.95. The van der Waals surface area contributed by atoms with Crippen LogP contribution in [0.4, 0.5) is 5.69 Å². The van der Waals surface area contributed by atoms with Crippen molar-refractivity contribution < 1.29 is 9.90 Å². The van der Waals surface area contributed by atoms with E-state index in [1.807, 2.05) is 0 Å². The van der Waals surface area contributed by atoms with Gasteiger partial charge >= 0.3 is 0 Å². The lowest BCUT2D eigenvalue weighted by Crippen LogP contribution is -2.22. The van der Waals surface area contributed by atoms with Crippen molar-refractivity contribution in [3.8, 4) is 5.75 Å². The van der Waals surface area contributed by atoms with Crippen molar-refractivity contribution in [2.45, 2.75) is 38.5 Å². The third-order valence-corrected chi connectivity index (χ3v) is 3.76. The molecule has 1 saturated carbocycles. The topological polar surface area (TPSA) is 49.3 Å². The van der Waals surface area contributed by atoms with Gasteiger partial charge in [0.15, 0.2) is 0 Å². The Hall–Kier alpha value is -1.22. The van der Waals surface area contributed by atoms with Gasteiger partial charge < -0.3 is 10.4 Å². The van der Waals surface area contributed by atoms with Crippen LogP contribution >= 0.6 is 11.6 Å². The molecule has 0 unspecified atom stereocenters. The van der Waals surface area contributed by atoms with Crippen LogP contribution in [-0.4, -0.2) is 11.0 Å². The molecule has 3 nitrogen and oxygen atoms in total. The average molecular weight is 268 g/mol. The summed E-state index contributed by atoms with van der Waals surface area (Å²) in [5, 5.41) is 12.6. The summed E-state index contributed by atoms with van der Waals surface area (Å²) in [4.78, 5) is 12.1. The quantitative estimate of drug-likeness (QED) is 0.797. The molecule has 0 aromatic heterocycles. The van der Waals surface area contributed by atoms with Gasteiger partial charge in [-0.15, -0.1) is 0 Å². The number of phenols is 1. The number of nitrogens with one attached hydrogen (secondary N) is 1. The Bertz CT molecular complexity index is 426. The van der Waals surface area contributed by atoms with Gasteiger partial charge in [0.1, 0.15) is 5.75 Å². The average Bonchev–Trinajstić information content (AvgIpc) is 2.62. The fourth-order valence-corrected chi connectivity index (χ4v) is 2.49. The van der Waals surface area contributed by atoms with Crippen molar-refractivity contribution in [1.29, 1.82) is 0 Å². The van der Waals surface area contributed by atoms with Crippen molar-refractivity contribution >= 4 is 23.2 Å². The number of amides is 1. The van der Waals surface area contributed by atoms with Crippen LogP contribution in [0, 0.1) is 5.92 Å². The molecule has 0 spiro atoms. The van der Waals surface area contributed by atoms with Crippen molar-refractivity contribution in [3.05, 3.63) is 23.2 Å². The molecule has 2 rings (SSSR count). The fraction of sp³-hybridized carbons (Fsp3) is 0.500. The molecule has 0 aliphatic heterocycles. The highest BCUT2D eigenvalue weighted by molar-refractivity contribution is 6.32. The van der Waals surface area contributed by atoms with E-state index in [0.717, 1.165) is 25.7 Å². The van der Waals surface area contributed by atoms with Gasteiger partial charge in [-0.3, -0.25) is 4.79 Å². The minimum absolute atomic E-state index is 0.00432. The minimum atomic E-state index is -0.00432. The highest BCUT2D eigenvalue weighted by Crippen LogP contribution is 2.28. The molecule has 1 aliphatic carbocycles. The molecule has 1 amide bonds. The van der Waals surface area contributed by atoms with Gasteiger partial charge in [-0.2, -0.15) is 0 Å². The molecule has 4 heteroatoms. The van der Waals surface area contributed by atoms with Crippen LogP contribution < -0.4 is 5.32 Å². The molecular formula is C14H18ClNO2. The molecule has 1 aromatic rings. The Balaban J connectivity index is 1.99. The molecule has 98 valence electrons. The summed E-state index contributed by atoms with van der Waals surface area (Å²) >= 11 is 5.72. The lowest BCUT2D eigenvalue weighted by Gasteiger charge is -2.14. The standard InChI is InChI=1S/C14H18ClNO2/c15-12-8-7-11(9-13(12)17)16-14(18)10-5-3-1-2-4-6-10/h7-10,17H,1-6H2,(H,16,18). The number of carbonyl (C=O) groups is 1. The third-order valence-electron chi connectivity index (χ3n) is 3.44. The van der Waals surface area contributed by atoms with E-state index < -0.39 is 0 Å². The summed E-state index contributed by atoms with van der Waals surface area (Å²) in [6.45, 7) is 0. The number of hydrogen-bond acceptors (Lipinski definition) is 2. The highest BCUT2D eigenvalue weighted by atomic mass is 35.5. The number of rotatable bonds is 2. The number of halogens is 1. The minimum Gasteiger partial charge on any atom is -0.506 e. The van der Waals surface area contributed by atoms with E-state index in [2.05, 4.69) is 5.32 Å². The number of anilines is 1. The summed E-state index contributed by atoms with van der Waals surface area (Å²) < 4.78 is 0. The SMILES string of the molecule is O=C(Nc1ccc(Cl)c(O)c1)C1CCCCCC1. The maximum absolute atomic E-state index is 12.1. The second-order valence-electron chi connectivity index (χ2n) is 4.84. The Morgan fingerprint density at radius 3 is 2.50 bits per heavy atom. The van der Waals surface area contributed by atoms with Gasteiger partial charge in [0, 0.05) is 17.7 Å². The molecule has 0 radical (unpaired) electrons. The van der Waals surface area contributed by atoms with Crippen molar-refractivity contribution in [2.24, 2.45) is 5.92 Å². The zero-order chi connectivity index (χ0) is 13.0. The molecule has 0 heterocycles. The lowest BCUT2D eigenvalue weighted by atomic mass is 9.99. The summed E-state index contributed by atoms with van der Waals surface area (Å²) in [5.41, 5.74) is 0.603. The summed E-state index contributed by atoms with van der Waals surface area (Å²) in [5.74, 6) is 0.152. The van der Waals surface area contributed by atoms with Gasteiger partial charge in [-0.1, -0.05) is 37.3 Å². The fourth-order valence-electron chi connectivity index (χ4n) is 2.38. The maximum Gasteiger partial charge on any atom is 0.227 e. The van der Waals surface area contributed by atoms with Crippen LogP contribution in [0.3, 0.4) is 0 Å². The first kappa shape index (κ1) is 13.2. The van der Waals surface area contributed by atoms with E-state index in [9.17, 15) is 9.90 Å². The molecular weight excluding hydrogens is 250 g/mol. The number of carbonyl (C=O) groups excluding carboxylic acids is 1. The van der Waals surface area contributed by atoms with E-state index >= 15 is 0 Å². The van der Waals surface area contributed by atoms with E-state index in [-0.39, 0.29) is 17.6 Å². The molecule has 1 aliphatic rings. The highest BCUT2D eigenvalue weighted by Gasteiger charge is 2.20. The van der Waals surface area contributed by atoms with Gasteiger partial charge in [0.2, 0.25) is 5.91 Å². The normalized spacial score (nSPS) is 17.2. The molecule has 18 heavy (non-hydrogen) atoms. The van der Waals surface area contributed by atoms with Gasteiger partial charge in [-0.25, -0.2) is 0 Å². The largest absolute Gasteiger partial charge is 0.506 e. The Morgan fingerprint density at radius 1 is 1.22 bits per heavy atom. The number of aromatic hydroxyl groups is 1. The smallest absolute Gasteiger partial charge is 0.227 e. The zero-order valence-electron chi connectivity index (χ0n) is 10.3. The van der Waals surface area contributed by atoms with E-state index in [1.54, 1.807) is 12.1 Å². The predicted molar refractivity (Wildman–Crippen MR) is 72.9 cm³/mol. The van der Waals surface area contributed by atoms with E-state index in [4.69, 9.17) is 11.6 Å². The maximum atomic E-state index is 12.1. The number of hydrogen-bond donors (Lipinski definition) is 2. The number of phenolic OH excluding ortho intramolecular Hbond substituents is 1. The molecule has 2 N–H and O–H groups in total. The second kappa shape index (κ2) is 6.10. The molecule has 1 fully saturated rings. The van der Waals surface area contributed by atoms with Crippen molar-refractivity contribution in [2.75, 3.05) is 5.32 Å². The Kier molecular flexibility index (Phi) is 4.48. The van der Waals surface area contributed by atoms with Gasteiger partial charge in [-0.05, 0) is 25.0 Å². The first-order valence-corrected chi connectivity index (χ1v) is 6.84.